The molecular formula is C21H29ClN2O5S. The molecule has 166 valence electrons. The zero-order chi connectivity index (χ0) is 21.9. The third-order valence-corrected chi connectivity index (χ3v) is 8.34. The smallest absolute Gasteiger partial charge is 0.340 e. The highest BCUT2D eigenvalue weighted by molar-refractivity contribution is 7.89. The van der Waals surface area contributed by atoms with Crippen LogP contribution in [0.25, 0.3) is 0 Å². The first-order valence-corrected chi connectivity index (χ1v) is 12.2. The van der Waals surface area contributed by atoms with Crippen molar-refractivity contribution >= 4 is 33.5 Å². The lowest BCUT2D eigenvalue weighted by Crippen LogP contribution is -2.41. The predicted molar refractivity (Wildman–Crippen MR) is 114 cm³/mol. The zero-order valence-corrected chi connectivity index (χ0v) is 19.0. The van der Waals surface area contributed by atoms with Gasteiger partial charge < -0.3 is 9.64 Å². The summed E-state index contributed by atoms with van der Waals surface area (Å²) in [4.78, 5) is 26.6. The summed E-state index contributed by atoms with van der Waals surface area (Å²) in [5.74, 6) is -0.411. The largest absolute Gasteiger partial charge is 0.452 e. The quantitative estimate of drug-likeness (QED) is 0.613. The van der Waals surface area contributed by atoms with Gasteiger partial charge in [-0.15, -0.1) is 0 Å². The number of sulfonamides is 1. The normalized spacial score (nSPS) is 22.6. The SMILES string of the molecule is CC1CCC(N(C)C(=O)COC(=O)c2cc(S(=O)(=O)N3CCCC3)ccc2Cl)CC1. The molecule has 0 radical (unpaired) electrons. The van der Waals surface area contributed by atoms with E-state index in [1.807, 2.05) is 0 Å². The summed E-state index contributed by atoms with van der Waals surface area (Å²) >= 11 is 6.11. The van der Waals surface area contributed by atoms with Gasteiger partial charge in [0.15, 0.2) is 6.61 Å². The van der Waals surface area contributed by atoms with Gasteiger partial charge in [-0.2, -0.15) is 4.31 Å². The van der Waals surface area contributed by atoms with Gasteiger partial charge in [-0.1, -0.05) is 18.5 Å². The van der Waals surface area contributed by atoms with Crippen molar-refractivity contribution in [2.24, 2.45) is 5.92 Å². The van der Waals surface area contributed by atoms with Crippen LogP contribution in [0.1, 0.15) is 55.8 Å². The van der Waals surface area contributed by atoms with Crippen LogP contribution in [0.5, 0.6) is 0 Å². The first kappa shape index (κ1) is 23.0. The Morgan fingerprint density at radius 2 is 1.80 bits per heavy atom. The van der Waals surface area contributed by atoms with Gasteiger partial charge in [0.25, 0.3) is 5.91 Å². The monoisotopic (exact) mass is 456 g/mol. The van der Waals surface area contributed by atoms with Crippen LogP contribution in [0.2, 0.25) is 5.02 Å². The molecule has 1 aliphatic carbocycles. The molecule has 0 unspecified atom stereocenters. The Morgan fingerprint density at radius 1 is 1.17 bits per heavy atom. The van der Waals surface area contributed by atoms with E-state index in [2.05, 4.69) is 6.92 Å². The Hall–Kier alpha value is -1.64. The van der Waals surface area contributed by atoms with Gasteiger partial charge in [-0.05, 0) is 62.6 Å². The molecule has 1 aromatic rings. The van der Waals surface area contributed by atoms with E-state index in [4.69, 9.17) is 16.3 Å². The summed E-state index contributed by atoms with van der Waals surface area (Å²) in [6.45, 7) is 2.74. The predicted octanol–water partition coefficient (Wildman–Crippen LogP) is 3.32. The Bertz CT molecular complexity index is 891. The van der Waals surface area contributed by atoms with Gasteiger partial charge >= 0.3 is 5.97 Å². The van der Waals surface area contributed by atoms with Gasteiger partial charge in [0.2, 0.25) is 10.0 Å². The molecule has 0 atom stereocenters. The fourth-order valence-corrected chi connectivity index (χ4v) is 5.78. The third kappa shape index (κ3) is 5.15. The molecule has 2 fully saturated rings. The molecule has 30 heavy (non-hydrogen) atoms. The van der Waals surface area contributed by atoms with E-state index >= 15 is 0 Å². The van der Waals surface area contributed by atoms with E-state index in [9.17, 15) is 18.0 Å². The fourth-order valence-electron chi connectivity index (χ4n) is 4.04. The number of ether oxygens (including phenoxy) is 1. The lowest BCUT2D eigenvalue weighted by atomic mass is 9.87. The van der Waals surface area contributed by atoms with Crippen LogP contribution in [0.15, 0.2) is 23.1 Å². The van der Waals surface area contributed by atoms with Crippen molar-refractivity contribution in [3.63, 3.8) is 0 Å². The number of hydrogen-bond donors (Lipinski definition) is 0. The Labute approximate surface area is 183 Å². The van der Waals surface area contributed by atoms with Crippen LogP contribution in [0.4, 0.5) is 0 Å². The average molecular weight is 457 g/mol. The molecule has 3 rings (SSSR count). The number of halogens is 1. The van der Waals surface area contributed by atoms with Crippen LogP contribution >= 0.6 is 11.6 Å². The van der Waals surface area contributed by atoms with Gasteiger partial charge in [0.05, 0.1) is 15.5 Å². The second kappa shape index (κ2) is 9.66. The summed E-state index contributed by atoms with van der Waals surface area (Å²) < 4.78 is 32.1. The fraction of sp³-hybridized carbons (Fsp3) is 0.619. The molecule has 1 saturated heterocycles. The van der Waals surface area contributed by atoms with Crippen molar-refractivity contribution in [3.8, 4) is 0 Å². The van der Waals surface area contributed by atoms with Gasteiger partial charge in [-0.25, -0.2) is 13.2 Å². The third-order valence-electron chi connectivity index (χ3n) is 6.11. The molecule has 9 heteroatoms. The van der Waals surface area contributed by atoms with Crippen molar-refractivity contribution < 1.29 is 22.7 Å². The second-order valence-corrected chi connectivity index (χ2v) is 10.6. The number of likely N-dealkylation sites (N-methyl/N-ethyl adjacent to an activating group) is 1. The maximum atomic E-state index is 12.7. The van der Waals surface area contributed by atoms with E-state index in [1.165, 1.54) is 22.5 Å². The van der Waals surface area contributed by atoms with Crippen molar-refractivity contribution in [1.82, 2.24) is 9.21 Å². The Morgan fingerprint density at radius 3 is 2.43 bits per heavy atom. The second-order valence-electron chi connectivity index (χ2n) is 8.25. The van der Waals surface area contributed by atoms with Crippen LogP contribution in [0.3, 0.4) is 0 Å². The van der Waals surface area contributed by atoms with E-state index in [0.29, 0.717) is 19.0 Å². The molecule has 7 nitrogen and oxygen atoms in total. The van der Waals surface area contributed by atoms with Gasteiger partial charge in [-0.3, -0.25) is 4.79 Å². The molecule has 1 aliphatic heterocycles. The molecule has 1 amide bonds. The summed E-state index contributed by atoms with van der Waals surface area (Å²) in [7, 11) is -1.95. The van der Waals surface area contributed by atoms with Crippen molar-refractivity contribution in [1.29, 1.82) is 0 Å². The van der Waals surface area contributed by atoms with Gasteiger partial charge in [0, 0.05) is 26.2 Å². The minimum Gasteiger partial charge on any atom is -0.452 e. The summed E-state index contributed by atoms with van der Waals surface area (Å²) in [5.41, 5.74) is -0.0566. The van der Waals surface area contributed by atoms with Crippen molar-refractivity contribution in [3.05, 3.63) is 28.8 Å². The summed E-state index contributed by atoms with van der Waals surface area (Å²) in [6, 6.07) is 4.15. The maximum absolute atomic E-state index is 12.7. The van der Waals surface area contributed by atoms with Crippen molar-refractivity contribution in [2.45, 2.75) is 56.4 Å². The lowest BCUT2D eigenvalue weighted by Gasteiger charge is -2.33. The molecule has 1 saturated carbocycles. The van der Waals surface area contributed by atoms with E-state index in [-0.39, 0.29) is 27.4 Å². The highest BCUT2D eigenvalue weighted by atomic mass is 35.5. The molecule has 0 aromatic heterocycles. The Balaban J connectivity index is 1.64. The van der Waals surface area contributed by atoms with Gasteiger partial charge in [0.1, 0.15) is 0 Å². The van der Waals surface area contributed by atoms with Crippen molar-refractivity contribution in [2.75, 3.05) is 26.7 Å². The molecule has 1 aromatic carbocycles. The standard InChI is InChI=1S/C21H29ClN2O5S/c1-15-5-7-16(8-6-15)23(2)20(25)14-29-21(26)18-13-17(9-10-19(18)22)30(27,28)24-11-3-4-12-24/h9-10,13,15-16H,3-8,11-12,14H2,1-2H3. The van der Waals surface area contributed by atoms with Crippen LogP contribution < -0.4 is 0 Å². The number of amides is 1. The molecule has 2 aliphatic rings. The van der Waals surface area contributed by atoms with E-state index in [1.54, 1.807) is 11.9 Å². The highest BCUT2D eigenvalue weighted by Gasteiger charge is 2.29. The van der Waals surface area contributed by atoms with Crippen LogP contribution in [-0.4, -0.2) is 62.3 Å². The summed E-state index contributed by atoms with van der Waals surface area (Å²) in [6.07, 6.45) is 5.68. The Kier molecular flexibility index (Phi) is 7.42. The number of carbonyl (C=O) groups is 2. The zero-order valence-electron chi connectivity index (χ0n) is 17.5. The number of nitrogens with zero attached hydrogens (tertiary/aromatic N) is 2. The molecule has 1 heterocycles. The highest BCUT2D eigenvalue weighted by Crippen LogP contribution is 2.27. The molecule has 0 spiro atoms. The first-order chi connectivity index (χ1) is 14.2. The molecular weight excluding hydrogens is 428 g/mol. The minimum atomic E-state index is -3.68. The molecule has 0 N–H and O–H groups in total. The number of hydrogen-bond acceptors (Lipinski definition) is 5. The first-order valence-electron chi connectivity index (χ1n) is 10.4. The minimum absolute atomic E-state index is 0.000482. The average Bonchev–Trinajstić information content (AvgIpc) is 3.28. The molecule has 0 bridgehead atoms. The van der Waals surface area contributed by atoms with E-state index < -0.39 is 22.6 Å². The number of benzene rings is 1. The summed E-state index contributed by atoms with van der Waals surface area (Å²) in [5, 5.41) is 0.0856. The number of carbonyl (C=O) groups excluding carboxylic acids is 2. The van der Waals surface area contributed by atoms with Crippen LogP contribution in [0, 0.1) is 5.92 Å². The maximum Gasteiger partial charge on any atom is 0.340 e. The number of rotatable bonds is 6. The van der Waals surface area contributed by atoms with E-state index in [0.717, 1.165) is 38.5 Å². The topological polar surface area (TPSA) is 84.0 Å². The van der Waals surface area contributed by atoms with Crippen LogP contribution in [-0.2, 0) is 19.6 Å². The lowest BCUT2D eigenvalue weighted by molar-refractivity contribution is -0.136. The number of esters is 1.